The molecule has 0 aliphatic rings. The summed E-state index contributed by atoms with van der Waals surface area (Å²) >= 11 is 1.64. The topological polar surface area (TPSA) is 53.0 Å². The van der Waals surface area contributed by atoms with Crippen LogP contribution in [0.15, 0.2) is 12.1 Å². The van der Waals surface area contributed by atoms with Gasteiger partial charge in [-0.25, -0.2) is 0 Å². The first-order chi connectivity index (χ1) is 6.15. The Hall–Kier alpha value is -1.05. The molecular weight excluding hydrogens is 182 g/mol. The number of hydrogen-bond acceptors (Lipinski definition) is 4. The van der Waals surface area contributed by atoms with Crippen molar-refractivity contribution in [2.45, 2.75) is 12.5 Å². The van der Waals surface area contributed by atoms with Crippen LogP contribution in [0.25, 0.3) is 0 Å². The number of thiophene rings is 1. The molecule has 3 nitrogen and oxygen atoms in total. The van der Waals surface area contributed by atoms with Crippen LogP contribution >= 0.6 is 11.3 Å². The molecule has 1 aromatic rings. The van der Waals surface area contributed by atoms with Crippen molar-refractivity contribution in [2.24, 2.45) is 5.73 Å². The van der Waals surface area contributed by atoms with Gasteiger partial charge in [-0.05, 0) is 12.1 Å². The second kappa shape index (κ2) is 4.26. The van der Waals surface area contributed by atoms with E-state index < -0.39 is 0 Å². The molecule has 0 aliphatic heterocycles. The summed E-state index contributed by atoms with van der Waals surface area (Å²) in [7, 11) is 3.98. The van der Waals surface area contributed by atoms with Gasteiger partial charge in [0, 0.05) is 19.0 Å². The third-order valence-corrected chi connectivity index (χ3v) is 3.11. The van der Waals surface area contributed by atoms with E-state index in [0.29, 0.717) is 6.42 Å². The van der Waals surface area contributed by atoms with Crippen LogP contribution in [-0.2, 0) is 0 Å². The highest BCUT2D eigenvalue weighted by atomic mass is 32.1. The van der Waals surface area contributed by atoms with Crippen molar-refractivity contribution in [1.82, 2.24) is 0 Å². The van der Waals surface area contributed by atoms with E-state index in [1.165, 1.54) is 5.00 Å². The van der Waals surface area contributed by atoms with E-state index >= 15 is 0 Å². The van der Waals surface area contributed by atoms with Gasteiger partial charge in [0.05, 0.1) is 23.5 Å². The molecule has 4 heteroatoms. The monoisotopic (exact) mass is 195 g/mol. The van der Waals surface area contributed by atoms with Gasteiger partial charge in [0.25, 0.3) is 0 Å². The van der Waals surface area contributed by atoms with Gasteiger partial charge in [-0.15, -0.1) is 11.3 Å². The number of anilines is 1. The van der Waals surface area contributed by atoms with Crippen LogP contribution in [0.1, 0.15) is 17.3 Å². The molecule has 0 bridgehead atoms. The van der Waals surface area contributed by atoms with Crippen molar-refractivity contribution in [3.63, 3.8) is 0 Å². The quantitative estimate of drug-likeness (QED) is 0.799. The largest absolute Gasteiger partial charge is 0.370 e. The highest BCUT2D eigenvalue weighted by Gasteiger charge is 2.08. The van der Waals surface area contributed by atoms with Gasteiger partial charge < -0.3 is 10.6 Å². The summed E-state index contributed by atoms with van der Waals surface area (Å²) in [6, 6.07) is 5.95. The normalized spacial score (nSPS) is 12.2. The van der Waals surface area contributed by atoms with E-state index in [0.717, 1.165) is 4.88 Å². The summed E-state index contributed by atoms with van der Waals surface area (Å²) in [4.78, 5) is 3.11. The summed E-state index contributed by atoms with van der Waals surface area (Å²) < 4.78 is 0. The fraction of sp³-hybridized carbons (Fsp3) is 0.444. The molecule has 13 heavy (non-hydrogen) atoms. The zero-order chi connectivity index (χ0) is 9.84. The Labute approximate surface area is 82.4 Å². The zero-order valence-electron chi connectivity index (χ0n) is 7.82. The molecule has 0 radical (unpaired) electrons. The minimum absolute atomic E-state index is 0.135. The van der Waals surface area contributed by atoms with E-state index in [9.17, 15) is 0 Å². The molecule has 1 atom stereocenters. The van der Waals surface area contributed by atoms with Crippen molar-refractivity contribution in [1.29, 1.82) is 5.26 Å². The summed E-state index contributed by atoms with van der Waals surface area (Å²) in [5, 5.41) is 9.65. The van der Waals surface area contributed by atoms with Crippen LogP contribution in [0.4, 0.5) is 5.00 Å². The zero-order valence-corrected chi connectivity index (χ0v) is 8.64. The average molecular weight is 195 g/mol. The lowest BCUT2D eigenvalue weighted by atomic mass is 10.2. The van der Waals surface area contributed by atoms with Gasteiger partial charge >= 0.3 is 0 Å². The van der Waals surface area contributed by atoms with Crippen LogP contribution in [-0.4, -0.2) is 14.1 Å². The number of hydrogen-bond donors (Lipinski definition) is 1. The van der Waals surface area contributed by atoms with Crippen molar-refractivity contribution < 1.29 is 0 Å². The molecule has 0 saturated carbocycles. The lowest BCUT2D eigenvalue weighted by molar-refractivity contribution is 0.765. The Balaban J connectivity index is 2.74. The van der Waals surface area contributed by atoms with Crippen molar-refractivity contribution in [2.75, 3.05) is 19.0 Å². The number of nitrogens with two attached hydrogens (primary N) is 1. The number of nitrogens with zero attached hydrogens (tertiary/aromatic N) is 2. The third-order valence-electron chi connectivity index (χ3n) is 1.73. The van der Waals surface area contributed by atoms with Gasteiger partial charge in [0.15, 0.2) is 0 Å². The maximum absolute atomic E-state index is 8.48. The van der Waals surface area contributed by atoms with E-state index in [4.69, 9.17) is 11.0 Å². The van der Waals surface area contributed by atoms with E-state index in [1.54, 1.807) is 11.3 Å². The van der Waals surface area contributed by atoms with Crippen LogP contribution in [0.3, 0.4) is 0 Å². The Kier molecular flexibility index (Phi) is 3.29. The van der Waals surface area contributed by atoms with Crippen molar-refractivity contribution in [3.05, 3.63) is 17.0 Å². The minimum Gasteiger partial charge on any atom is -0.370 e. The Bertz CT molecular complexity index is 311. The number of rotatable bonds is 3. The van der Waals surface area contributed by atoms with Gasteiger partial charge in [-0.1, -0.05) is 0 Å². The summed E-state index contributed by atoms with van der Waals surface area (Å²) in [6.07, 6.45) is 0.382. The van der Waals surface area contributed by atoms with Gasteiger partial charge in [-0.2, -0.15) is 5.26 Å². The van der Waals surface area contributed by atoms with Crippen LogP contribution < -0.4 is 10.6 Å². The van der Waals surface area contributed by atoms with Gasteiger partial charge in [0.1, 0.15) is 0 Å². The molecule has 1 rings (SSSR count). The van der Waals surface area contributed by atoms with Crippen LogP contribution in [0.5, 0.6) is 0 Å². The summed E-state index contributed by atoms with van der Waals surface area (Å²) in [5.74, 6) is 0. The van der Waals surface area contributed by atoms with E-state index in [-0.39, 0.29) is 6.04 Å². The molecule has 0 fully saturated rings. The Morgan fingerprint density at radius 1 is 1.62 bits per heavy atom. The van der Waals surface area contributed by atoms with Crippen molar-refractivity contribution >= 4 is 16.3 Å². The maximum Gasteiger partial charge on any atom is 0.0906 e. The first-order valence-electron chi connectivity index (χ1n) is 4.04. The predicted octanol–water partition coefficient (Wildman–Crippen LogP) is 1.73. The van der Waals surface area contributed by atoms with Gasteiger partial charge in [-0.3, -0.25) is 0 Å². The second-order valence-electron chi connectivity index (χ2n) is 3.04. The molecule has 1 heterocycles. The minimum atomic E-state index is -0.135. The average Bonchev–Trinajstić information content (AvgIpc) is 2.52. The summed E-state index contributed by atoms with van der Waals surface area (Å²) in [5.41, 5.74) is 5.79. The first-order valence-corrected chi connectivity index (χ1v) is 4.86. The van der Waals surface area contributed by atoms with Crippen molar-refractivity contribution in [3.8, 4) is 6.07 Å². The molecule has 0 amide bonds. The smallest absolute Gasteiger partial charge is 0.0906 e. The Morgan fingerprint density at radius 3 is 2.77 bits per heavy atom. The van der Waals surface area contributed by atoms with Crippen LogP contribution in [0.2, 0.25) is 0 Å². The molecule has 1 aromatic heterocycles. The first kappa shape index (κ1) is 10.0. The lowest BCUT2D eigenvalue weighted by Gasteiger charge is -2.08. The molecule has 70 valence electrons. The molecule has 0 aromatic carbocycles. The lowest BCUT2D eigenvalue weighted by Crippen LogP contribution is -2.07. The molecular formula is C9H13N3S. The fourth-order valence-corrected chi connectivity index (χ4v) is 1.91. The number of nitriles is 1. The molecule has 0 unspecified atom stereocenters. The van der Waals surface area contributed by atoms with Crippen LogP contribution in [0, 0.1) is 11.3 Å². The Morgan fingerprint density at radius 2 is 2.31 bits per heavy atom. The highest BCUT2D eigenvalue weighted by molar-refractivity contribution is 7.16. The molecule has 0 aliphatic carbocycles. The molecule has 0 spiro atoms. The standard InChI is InChI=1S/C9H13N3S/c1-12(2)9-4-3-8(13-9)7(11)5-6-10/h3-4,7H,5,11H2,1-2H3/t7-/m1/s1. The fourth-order valence-electron chi connectivity index (χ4n) is 0.981. The molecule has 2 N–H and O–H groups in total. The van der Waals surface area contributed by atoms with E-state index in [2.05, 4.69) is 6.07 Å². The highest BCUT2D eigenvalue weighted by Crippen LogP contribution is 2.28. The van der Waals surface area contributed by atoms with E-state index in [1.807, 2.05) is 31.1 Å². The third kappa shape index (κ3) is 2.44. The SMILES string of the molecule is CN(C)c1ccc([C@H](N)CC#N)s1. The summed E-state index contributed by atoms with van der Waals surface area (Å²) in [6.45, 7) is 0. The maximum atomic E-state index is 8.48. The molecule has 0 saturated heterocycles. The van der Waals surface area contributed by atoms with Gasteiger partial charge in [0.2, 0.25) is 0 Å². The second-order valence-corrected chi connectivity index (χ2v) is 4.13. The predicted molar refractivity (Wildman–Crippen MR) is 55.8 cm³/mol.